The molecule has 4 atom stereocenters. The van der Waals surface area contributed by atoms with E-state index in [9.17, 15) is 0 Å². The van der Waals surface area contributed by atoms with Crippen LogP contribution in [0.2, 0.25) is 0 Å². The summed E-state index contributed by atoms with van der Waals surface area (Å²) in [6, 6.07) is 9.98. The summed E-state index contributed by atoms with van der Waals surface area (Å²) in [6.45, 7) is 4.58. The smallest absolute Gasteiger partial charge is 0.0351 e. The predicted octanol–water partition coefficient (Wildman–Crippen LogP) is 4.51. The normalized spacial score (nSPS) is 31.8. The Morgan fingerprint density at radius 3 is 2.21 bits per heavy atom. The molecular formula is C18H27N. The highest BCUT2D eigenvalue weighted by Crippen LogP contribution is 2.62. The zero-order valence-electron chi connectivity index (χ0n) is 12.5. The Morgan fingerprint density at radius 1 is 1.11 bits per heavy atom. The monoisotopic (exact) mass is 257 g/mol. The van der Waals surface area contributed by atoms with Gasteiger partial charge in [-0.05, 0) is 61.1 Å². The molecule has 0 amide bonds. The first-order valence-electron chi connectivity index (χ1n) is 8.03. The molecule has 4 unspecified atom stereocenters. The van der Waals surface area contributed by atoms with Crippen molar-refractivity contribution < 1.29 is 0 Å². The van der Waals surface area contributed by atoms with Gasteiger partial charge in [0.25, 0.3) is 0 Å². The lowest BCUT2D eigenvalue weighted by Crippen LogP contribution is -2.20. The van der Waals surface area contributed by atoms with Crippen LogP contribution in [0.25, 0.3) is 0 Å². The fourth-order valence-electron chi connectivity index (χ4n) is 4.22. The fourth-order valence-corrected chi connectivity index (χ4v) is 4.22. The first kappa shape index (κ1) is 13.2. The van der Waals surface area contributed by atoms with Crippen LogP contribution in [0.3, 0.4) is 0 Å². The van der Waals surface area contributed by atoms with E-state index in [2.05, 4.69) is 50.5 Å². The average molecular weight is 257 g/mol. The molecule has 0 heterocycles. The van der Waals surface area contributed by atoms with Crippen molar-refractivity contribution in [2.24, 2.45) is 17.8 Å². The standard InChI is InChI=1S/C18H27N/c1-4-12(2)13-8-10-14(11-9-13)18(19-3)17-15-6-5-7-16(15)17/h8-12,15-19H,4-7H2,1-3H3. The zero-order chi connectivity index (χ0) is 13.4. The Morgan fingerprint density at radius 2 is 1.68 bits per heavy atom. The van der Waals surface area contributed by atoms with E-state index in [1.807, 2.05) is 0 Å². The summed E-state index contributed by atoms with van der Waals surface area (Å²) in [4.78, 5) is 0. The molecule has 2 fully saturated rings. The Kier molecular flexibility index (Phi) is 3.66. The van der Waals surface area contributed by atoms with E-state index in [1.165, 1.54) is 36.8 Å². The second-order valence-electron chi connectivity index (χ2n) is 6.58. The van der Waals surface area contributed by atoms with E-state index in [-0.39, 0.29) is 0 Å². The van der Waals surface area contributed by atoms with Crippen LogP contribution in [0.4, 0.5) is 0 Å². The summed E-state index contributed by atoms with van der Waals surface area (Å²) in [7, 11) is 2.13. The Balaban J connectivity index is 1.73. The van der Waals surface area contributed by atoms with Gasteiger partial charge in [0.1, 0.15) is 0 Å². The quantitative estimate of drug-likeness (QED) is 0.818. The SMILES string of the molecule is CCC(C)c1ccc(C(NC)C2C3CCCC32)cc1. The highest BCUT2D eigenvalue weighted by molar-refractivity contribution is 5.29. The molecule has 2 aliphatic rings. The highest BCUT2D eigenvalue weighted by Gasteiger charge is 2.55. The van der Waals surface area contributed by atoms with Gasteiger partial charge in [0.15, 0.2) is 0 Å². The maximum absolute atomic E-state index is 3.57. The van der Waals surface area contributed by atoms with Crippen molar-refractivity contribution in [2.45, 2.75) is 51.5 Å². The van der Waals surface area contributed by atoms with Gasteiger partial charge in [-0.15, -0.1) is 0 Å². The summed E-state index contributed by atoms with van der Waals surface area (Å²) < 4.78 is 0. The lowest BCUT2D eigenvalue weighted by Gasteiger charge is -2.20. The van der Waals surface area contributed by atoms with Crippen LogP contribution in [0.1, 0.15) is 62.6 Å². The van der Waals surface area contributed by atoms with Crippen LogP contribution in [0, 0.1) is 17.8 Å². The minimum Gasteiger partial charge on any atom is -0.313 e. The van der Waals surface area contributed by atoms with E-state index < -0.39 is 0 Å². The fraction of sp³-hybridized carbons (Fsp3) is 0.667. The van der Waals surface area contributed by atoms with Crippen molar-refractivity contribution in [1.29, 1.82) is 0 Å². The van der Waals surface area contributed by atoms with Crippen LogP contribution in [0.5, 0.6) is 0 Å². The summed E-state index contributed by atoms with van der Waals surface area (Å²) in [5.41, 5.74) is 2.98. The number of hydrogen-bond acceptors (Lipinski definition) is 1. The van der Waals surface area contributed by atoms with Gasteiger partial charge in [-0.3, -0.25) is 0 Å². The van der Waals surface area contributed by atoms with Crippen LogP contribution < -0.4 is 5.32 Å². The molecule has 104 valence electrons. The van der Waals surface area contributed by atoms with Gasteiger partial charge < -0.3 is 5.32 Å². The van der Waals surface area contributed by atoms with Gasteiger partial charge in [-0.1, -0.05) is 44.5 Å². The molecule has 3 rings (SSSR count). The van der Waals surface area contributed by atoms with E-state index in [1.54, 1.807) is 0 Å². The predicted molar refractivity (Wildman–Crippen MR) is 81.3 cm³/mol. The molecule has 1 heteroatoms. The molecular weight excluding hydrogens is 230 g/mol. The Bertz CT molecular complexity index is 412. The maximum Gasteiger partial charge on any atom is 0.0351 e. The summed E-state index contributed by atoms with van der Waals surface area (Å²) in [5.74, 6) is 3.63. The minimum atomic E-state index is 0.585. The zero-order valence-corrected chi connectivity index (χ0v) is 12.5. The first-order valence-corrected chi connectivity index (χ1v) is 8.03. The largest absolute Gasteiger partial charge is 0.313 e. The van der Waals surface area contributed by atoms with Crippen molar-refractivity contribution in [3.05, 3.63) is 35.4 Å². The Hall–Kier alpha value is -0.820. The van der Waals surface area contributed by atoms with E-state index in [0.717, 1.165) is 17.8 Å². The third-order valence-electron chi connectivity index (χ3n) is 5.65. The highest BCUT2D eigenvalue weighted by atomic mass is 14.9. The molecule has 0 aromatic heterocycles. The van der Waals surface area contributed by atoms with Gasteiger partial charge in [-0.2, -0.15) is 0 Å². The van der Waals surface area contributed by atoms with Crippen LogP contribution in [-0.2, 0) is 0 Å². The summed E-state index contributed by atoms with van der Waals surface area (Å²) >= 11 is 0. The third-order valence-corrected chi connectivity index (χ3v) is 5.65. The average Bonchev–Trinajstić information content (AvgIpc) is 2.92. The van der Waals surface area contributed by atoms with Crippen LogP contribution in [0.15, 0.2) is 24.3 Å². The molecule has 0 bridgehead atoms. The molecule has 19 heavy (non-hydrogen) atoms. The van der Waals surface area contributed by atoms with E-state index in [4.69, 9.17) is 0 Å². The third kappa shape index (κ3) is 2.33. The molecule has 0 spiro atoms. The molecule has 0 saturated heterocycles. The van der Waals surface area contributed by atoms with E-state index in [0.29, 0.717) is 12.0 Å². The number of benzene rings is 1. The van der Waals surface area contributed by atoms with Crippen molar-refractivity contribution in [3.8, 4) is 0 Å². The molecule has 2 saturated carbocycles. The summed E-state index contributed by atoms with van der Waals surface area (Å²) in [6.07, 6.45) is 5.63. The molecule has 1 N–H and O–H groups in total. The van der Waals surface area contributed by atoms with Crippen molar-refractivity contribution >= 4 is 0 Å². The van der Waals surface area contributed by atoms with Crippen LogP contribution >= 0.6 is 0 Å². The van der Waals surface area contributed by atoms with Gasteiger partial charge in [0, 0.05) is 6.04 Å². The maximum atomic E-state index is 3.57. The van der Waals surface area contributed by atoms with Gasteiger partial charge in [0.2, 0.25) is 0 Å². The topological polar surface area (TPSA) is 12.0 Å². The molecule has 1 aromatic carbocycles. The Labute approximate surface area is 117 Å². The van der Waals surface area contributed by atoms with Crippen molar-refractivity contribution in [3.63, 3.8) is 0 Å². The second kappa shape index (κ2) is 5.28. The minimum absolute atomic E-state index is 0.585. The molecule has 1 nitrogen and oxygen atoms in total. The molecule has 1 aromatic rings. The first-order chi connectivity index (χ1) is 9.26. The van der Waals surface area contributed by atoms with Gasteiger partial charge in [0.05, 0.1) is 0 Å². The number of fused-ring (bicyclic) bond motifs is 1. The second-order valence-corrected chi connectivity index (χ2v) is 6.58. The van der Waals surface area contributed by atoms with Crippen molar-refractivity contribution in [1.82, 2.24) is 5.32 Å². The van der Waals surface area contributed by atoms with Crippen molar-refractivity contribution in [2.75, 3.05) is 7.05 Å². The van der Waals surface area contributed by atoms with E-state index >= 15 is 0 Å². The van der Waals surface area contributed by atoms with Gasteiger partial charge in [-0.25, -0.2) is 0 Å². The number of hydrogen-bond donors (Lipinski definition) is 1. The lowest BCUT2D eigenvalue weighted by atomic mass is 9.93. The molecule has 0 radical (unpaired) electrons. The lowest BCUT2D eigenvalue weighted by molar-refractivity contribution is 0.444. The summed E-state index contributed by atoms with van der Waals surface area (Å²) in [5, 5.41) is 3.57. The molecule has 0 aliphatic heterocycles. The number of rotatable bonds is 5. The number of nitrogens with one attached hydrogen (secondary N) is 1. The van der Waals surface area contributed by atoms with Crippen LogP contribution in [-0.4, -0.2) is 7.05 Å². The molecule has 2 aliphatic carbocycles. The van der Waals surface area contributed by atoms with Gasteiger partial charge >= 0.3 is 0 Å².